The van der Waals surface area contributed by atoms with Crippen molar-refractivity contribution >= 4 is 39.5 Å². The highest BCUT2D eigenvalue weighted by Gasteiger charge is 2.30. The van der Waals surface area contributed by atoms with E-state index in [1.54, 1.807) is 0 Å². The Morgan fingerprint density at radius 3 is 0.670 bits per heavy atom. The second kappa shape index (κ2) is 63.8. The first kappa shape index (κ1) is 86.1. The van der Waals surface area contributed by atoms with E-state index in [1.807, 2.05) is 0 Å². The summed E-state index contributed by atoms with van der Waals surface area (Å²) in [6.45, 7) is 4.91. The van der Waals surface area contributed by atoms with Gasteiger partial charge < -0.3 is 33.8 Å². The number of esters is 4. The van der Waals surface area contributed by atoms with E-state index in [4.69, 9.17) is 37.0 Å². The third-order valence-electron chi connectivity index (χ3n) is 16.1. The van der Waals surface area contributed by atoms with Crippen LogP contribution in [0.3, 0.4) is 0 Å². The number of hydrogen-bond donors (Lipinski definition) is 3. The first-order valence-corrected chi connectivity index (χ1v) is 39.3. The molecular weight excluding hydrogens is 1160 g/mol. The molecule has 19 heteroatoms. The Labute approximate surface area is 537 Å². The van der Waals surface area contributed by atoms with Crippen molar-refractivity contribution in [1.82, 2.24) is 0 Å². The van der Waals surface area contributed by atoms with E-state index in [1.165, 1.54) is 193 Å². The van der Waals surface area contributed by atoms with Crippen LogP contribution in [0.2, 0.25) is 0 Å². The third-order valence-corrected chi connectivity index (χ3v) is 18.0. The highest BCUT2D eigenvalue weighted by atomic mass is 31.2. The van der Waals surface area contributed by atoms with E-state index in [2.05, 4.69) is 27.7 Å². The molecule has 0 spiro atoms. The highest BCUT2D eigenvalue weighted by molar-refractivity contribution is 7.47. The lowest BCUT2D eigenvalue weighted by atomic mass is 10.0. The average molecular weight is 1300 g/mol. The minimum atomic E-state index is -4.95. The topological polar surface area (TPSA) is 237 Å². The van der Waals surface area contributed by atoms with E-state index in [9.17, 15) is 43.2 Å². The number of phosphoric acid groups is 2. The lowest BCUT2D eigenvalue weighted by molar-refractivity contribution is -0.161. The summed E-state index contributed by atoms with van der Waals surface area (Å²) in [4.78, 5) is 72.4. The lowest BCUT2D eigenvalue weighted by Gasteiger charge is -2.21. The van der Waals surface area contributed by atoms with Crippen molar-refractivity contribution in [3.05, 3.63) is 0 Å². The molecule has 0 saturated heterocycles. The van der Waals surface area contributed by atoms with E-state index in [0.29, 0.717) is 25.7 Å². The molecule has 0 aromatic carbocycles. The van der Waals surface area contributed by atoms with Crippen LogP contribution in [0.5, 0.6) is 0 Å². The van der Waals surface area contributed by atoms with Crippen molar-refractivity contribution < 1.29 is 80.2 Å². The molecule has 0 heterocycles. The summed E-state index contributed by atoms with van der Waals surface area (Å²) < 4.78 is 68.2. The Balaban J connectivity index is 5.19. The fourth-order valence-corrected chi connectivity index (χ4v) is 12.1. The maximum atomic E-state index is 13.0. The Morgan fingerprint density at radius 2 is 0.455 bits per heavy atom. The predicted molar refractivity (Wildman–Crippen MR) is 354 cm³/mol. The molecule has 17 nitrogen and oxygen atoms in total. The van der Waals surface area contributed by atoms with Gasteiger partial charge in [0.05, 0.1) is 26.4 Å². The molecule has 0 radical (unpaired) electrons. The van der Waals surface area contributed by atoms with Gasteiger partial charge in [0, 0.05) is 25.7 Å². The second-order valence-electron chi connectivity index (χ2n) is 24.9. The summed E-state index contributed by atoms with van der Waals surface area (Å²) in [5, 5.41) is 10.6. The van der Waals surface area contributed by atoms with Crippen LogP contribution in [0.1, 0.15) is 362 Å². The molecule has 5 atom stereocenters. The molecule has 2 unspecified atom stereocenters. The predicted octanol–water partition coefficient (Wildman–Crippen LogP) is 19.9. The normalized spacial score (nSPS) is 14.0. The van der Waals surface area contributed by atoms with E-state index in [-0.39, 0.29) is 25.7 Å². The zero-order valence-corrected chi connectivity index (χ0v) is 58.5. The van der Waals surface area contributed by atoms with Gasteiger partial charge in [0.15, 0.2) is 12.2 Å². The van der Waals surface area contributed by atoms with Crippen LogP contribution in [0.4, 0.5) is 0 Å². The van der Waals surface area contributed by atoms with Crippen LogP contribution in [0, 0.1) is 0 Å². The van der Waals surface area contributed by atoms with Gasteiger partial charge in [-0.1, -0.05) is 310 Å². The lowest BCUT2D eigenvalue weighted by Crippen LogP contribution is -2.30. The summed E-state index contributed by atoms with van der Waals surface area (Å²) in [6, 6.07) is 0. The Bertz CT molecular complexity index is 1690. The van der Waals surface area contributed by atoms with Gasteiger partial charge in [-0.25, -0.2) is 9.13 Å². The fourth-order valence-electron chi connectivity index (χ4n) is 10.5. The number of aliphatic hydroxyl groups excluding tert-OH is 1. The van der Waals surface area contributed by atoms with Gasteiger partial charge in [-0.05, 0) is 25.7 Å². The average Bonchev–Trinajstić information content (AvgIpc) is 3.53. The summed E-state index contributed by atoms with van der Waals surface area (Å²) in [5.41, 5.74) is 0. The van der Waals surface area contributed by atoms with Crippen LogP contribution in [0.25, 0.3) is 0 Å². The highest BCUT2D eigenvalue weighted by Crippen LogP contribution is 2.45. The number of rotatable bonds is 70. The number of carbonyl (C=O) groups is 4. The molecule has 0 aliphatic carbocycles. The van der Waals surface area contributed by atoms with Crippen LogP contribution >= 0.6 is 15.6 Å². The smallest absolute Gasteiger partial charge is 0.462 e. The molecule has 0 aliphatic heterocycles. The van der Waals surface area contributed by atoms with Gasteiger partial charge in [-0.3, -0.25) is 37.3 Å². The number of hydrogen-bond acceptors (Lipinski definition) is 15. The van der Waals surface area contributed by atoms with Crippen molar-refractivity contribution in [1.29, 1.82) is 0 Å². The minimum absolute atomic E-state index is 0.107. The largest absolute Gasteiger partial charge is 0.472 e. The Kier molecular flexibility index (Phi) is 62.4. The molecule has 0 saturated carbocycles. The van der Waals surface area contributed by atoms with E-state index in [0.717, 1.165) is 89.9 Å². The summed E-state index contributed by atoms with van der Waals surface area (Å²) in [6.07, 6.45) is 51.3. The van der Waals surface area contributed by atoms with E-state index >= 15 is 0 Å². The van der Waals surface area contributed by atoms with Crippen molar-refractivity contribution in [2.75, 3.05) is 39.6 Å². The monoisotopic (exact) mass is 1300 g/mol. The minimum Gasteiger partial charge on any atom is -0.462 e. The van der Waals surface area contributed by atoms with Gasteiger partial charge in [0.25, 0.3) is 0 Å². The first-order chi connectivity index (χ1) is 42.7. The molecular formula is C69H134O17P2. The summed E-state index contributed by atoms with van der Waals surface area (Å²) >= 11 is 0. The van der Waals surface area contributed by atoms with Gasteiger partial charge in [-0.15, -0.1) is 0 Å². The molecule has 0 aromatic rings. The zero-order valence-electron chi connectivity index (χ0n) is 56.7. The molecule has 3 N–H and O–H groups in total. The van der Waals surface area contributed by atoms with Crippen molar-refractivity contribution in [2.24, 2.45) is 0 Å². The van der Waals surface area contributed by atoms with Crippen LogP contribution < -0.4 is 0 Å². The summed E-state index contributed by atoms with van der Waals surface area (Å²) in [5.74, 6) is -2.12. The maximum Gasteiger partial charge on any atom is 0.472 e. The Morgan fingerprint density at radius 1 is 0.273 bits per heavy atom. The van der Waals surface area contributed by atoms with Gasteiger partial charge in [0.1, 0.15) is 19.3 Å². The number of ether oxygens (including phenoxy) is 4. The standard InChI is InChI=1S/C69H134O17P2/c1-5-9-13-17-21-25-28-29-30-31-32-33-34-36-40-44-48-52-56-69(74)86-65(60-80-67(72)54-50-46-42-39-35-26-22-18-14-10-6-2)62-84-88(77,78)82-58-63(70)57-81-87(75,76)83-61-64(59-79-66(71)53-49-45-41-37-24-20-16-12-8-4)85-68(73)55-51-47-43-38-27-23-19-15-11-7-3/h63-65,70H,5-62H2,1-4H3,(H,75,76)(H,77,78)/t63-,64+,65+/m0/s1. The van der Waals surface area contributed by atoms with Gasteiger partial charge in [0.2, 0.25) is 0 Å². The zero-order chi connectivity index (χ0) is 64.7. The summed E-state index contributed by atoms with van der Waals surface area (Å²) in [7, 11) is -9.89. The molecule has 0 aromatic heterocycles. The van der Waals surface area contributed by atoms with E-state index < -0.39 is 97.5 Å². The molecule has 0 amide bonds. The second-order valence-corrected chi connectivity index (χ2v) is 27.8. The SMILES string of the molecule is CCCCCCCCCCCCCCCCCCCCC(=O)O[C@H](COC(=O)CCCCCCCCCCCCC)COP(=O)(O)OC[C@@H](O)COP(=O)(O)OC[C@@H](COC(=O)CCCCCCCCCCC)OC(=O)CCCCCCCCCCCC. The van der Waals surface area contributed by atoms with Crippen molar-refractivity contribution in [3.8, 4) is 0 Å². The quantitative estimate of drug-likeness (QED) is 0.0222. The number of carbonyl (C=O) groups excluding carboxylic acids is 4. The number of phosphoric ester groups is 2. The molecule has 0 aliphatic rings. The molecule has 522 valence electrons. The third kappa shape index (κ3) is 62.8. The van der Waals surface area contributed by atoms with Crippen molar-refractivity contribution in [3.63, 3.8) is 0 Å². The molecule has 0 fully saturated rings. The van der Waals surface area contributed by atoms with Crippen LogP contribution in [-0.4, -0.2) is 96.7 Å². The van der Waals surface area contributed by atoms with Crippen LogP contribution in [0.15, 0.2) is 0 Å². The molecule has 0 rings (SSSR count). The number of unbranched alkanes of at least 4 members (excludes halogenated alkanes) is 44. The Hall–Kier alpha value is -1.94. The molecule has 88 heavy (non-hydrogen) atoms. The van der Waals surface area contributed by atoms with Gasteiger partial charge >= 0.3 is 39.5 Å². The van der Waals surface area contributed by atoms with Crippen molar-refractivity contribution in [2.45, 2.75) is 380 Å². The first-order valence-electron chi connectivity index (χ1n) is 36.3. The maximum absolute atomic E-state index is 13.0. The fraction of sp³-hybridized carbons (Fsp3) is 0.942. The van der Waals surface area contributed by atoms with Gasteiger partial charge in [-0.2, -0.15) is 0 Å². The van der Waals surface area contributed by atoms with Crippen LogP contribution in [-0.2, 0) is 65.4 Å². The number of aliphatic hydroxyl groups is 1. The molecule has 0 bridgehead atoms.